The van der Waals surface area contributed by atoms with Crippen LogP contribution in [0.5, 0.6) is 0 Å². The molecule has 4 aromatic rings. The standard InChI is InChI=1S/C28H26N2O3S/c31-26(29-18-21-14-9-17-33-21)25-22-15-7-8-16-23(22)34-28(25)30-27(32)24(19-10-3-1-4-11-19)20-12-5-2-6-13-20/h1-6,9-14,17,24H,7-8,15-16,18H2,(H,29,31)(H,30,32). The first-order valence-electron chi connectivity index (χ1n) is 11.6. The minimum Gasteiger partial charge on any atom is -0.467 e. The summed E-state index contributed by atoms with van der Waals surface area (Å²) in [6.07, 6.45) is 5.53. The monoisotopic (exact) mass is 470 g/mol. The number of rotatable bonds is 7. The van der Waals surface area contributed by atoms with Crippen molar-refractivity contribution in [3.63, 3.8) is 0 Å². The van der Waals surface area contributed by atoms with Gasteiger partial charge in [-0.15, -0.1) is 11.3 Å². The molecule has 2 amide bonds. The molecule has 5 nitrogen and oxygen atoms in total. The summed E-state index contributed by atoms with van der Waals surface area (Å²) in [6, 6.07) is 23.1. The van der Waals surface area contributed by atoms with Crippen molar-refractivity contribution in [3.05, 3.63) is 112 Å². The van der Waals surface area contributed by atoms with Crippen molar-refractivity contribution in [1.29, 1.82) is 0 Å². The van der Waals surface area contributed by atoms with Crippen molar-refractivity contribution in [1.82, 2.24) is 5.32 Å². The fourth-order valence-corrected chi connectivity index (χ4v) is 5.82. The molecule has 0 radical (unpaired) electrons. The van der Waals surface area contributed by atoms with Crippen LogP contribution in [-0.4, -0.2) is 11.8 Å². The number of fused-ring (bicyclic) bond motifs is 1. The number of anilines is 1. The van der Waals surface area contributed by atoms with Gasteiger partial charge in [0.25, 0.3) is 5.91 Å². The molecule has 0 atom stereocenters. The van der Waals surface area contributed by atoms with Crippen LogP contribution in [0.1, 0.15) is 56.4 Å². The van der Waals surface area contributed by atoms with Crippen molar-refractivity contribution in [2.24, 2.45) is 0 Å². The van der Waals surface area contributed by atoms with E-state index in [4.69, 9.17) is 4.42 Å². The van der Waals surface area contributed by atoms with E-state index in [2.05, 4.69) is 10.6 Å². The lowest BCUT2D eigenvalue weighted by atomic mass is 9.90. The van der Waals surface area contributed by atoms with E-state index in [0.29, 0.717) is 22.9 Å². The van der Waals surface area contributed by atoms with Gasteiger partial charge in [0, 0.05) is 4.88 Å². The summed E-state index contributed by atoms with van der Waals surface area (Å²) in [7, 11) is 0. The molecule has 6 heteroatoms. The molecule has 0 saturated heterocycles. The van der Waals surface area contributed by atoms with Gasteiger partial charge in [-0.3, -0.25) is 9.59 Å². The third-order valence-corrected chi connectivity index (χ3v) is 7.37. The summed E-state index contributed by atoms with van der Waals surface area (Å²) in [6.45, 7) is 0.306. The van der Waals surface area contributed by atoms with Crippen molar-refractivity contribution in [2.45, 2.75) is 38.1 Å². The van der Waals surface area contributed by atoms with E-state index in [9.17, 15) is 9.59 Å². The Balaban J connectivity index is 1.46. The highest BCUT2D eigenvalue weighted by atomic mass is 32.1. The highest BCUT2D eigenvalue weighted by Gasteiger charge is 2.29. The second kappa shape index (κ2) is 10.1. The minimum absolute atomic E-state index is 0.143. The van der Waals surface area contributed by atoms with Crippen LogP contribution >= 0.6 is 11.3 Å². The van der Waals surface area contributed by atoms with Crippen molar-refractivity contribution < 1.29 is 14.0 Å². The van der Waals surface area contributed by atoms with Crippen LogP contribution in [0.3, 0.4) is 0 Å². The van der Waals surface area contributed by atoms with Crippen molar-refractivity contribution in [3.8, 4) is 0 Å². The number of carbonyl (C=O) groups is 2. The van der Waals surface area contributed by atoms with Crippen LogP contribution in [0.15, 0.2) is 83.5 Å². The normalized spacial score (nSPS) is 12.9. The molecule has 0 spiro atoms. The molecule has 172 valence electrons. The van der Waals surface area contributed by atoms with Gasteiger partial charge in [0.2, 0.25) is 5.91 Å². The molecule has 2 N–H and O–H groups in total. The molecule has 0 aliphatic heterocycles. The first-order valence-corrected chi connectivity index (χ1v) is 12.4. The molecule has 2 aromatic carbocycles. The number of hydrogen-bond donors (Lipinski definition) is 2. The molecule has 5 rings (SSSR count). The summed E-state index contributed by atoms with van der Waals surface area (Å²) < 4.78 is 5.36. The van der Waals surface area contributed by atoms with E-state index in [0.717, 1.165) is 42.4 Å². The van der Waals surface area contributed by atoms with Crippen LogP contribution in [0, 0.1) is 0 Å². The second-order valence-corrected chi connectivity index (χ2v) is 9.53. The Labute approximate surface area is 202 Å². The second-order valence-electron chi connectivity index (χ2n) is 8.42. The van der Waals surface area contributed by atoms with Crippen LogP contribution in [0.2, 0.25) is 0 Å². The Morgan fingerprint density at radius 1 is 0.882 bits per heavy atom. The third kappa shape index (κ3) is 4.68. The molecule has 1 aliphatic carbocycles. The predicted molar refractivity (Wildman–Crippen MR) is 134 cm³/mol. The van der Waals surface area contributed by atoms with Crippen LogP contribution < -0.4 is 10.6 Å². The maximum Gasteiger partial charge on any atom is 0.254 e. The van der Waals surface area contributed by atoms with Gasteiger partial charge in [-0.05, 0) is 54.5 Å². The Bertz CT molecular complexity index is 1220. The zero-order chi connectivity index (χ0) is 23.3. The van der Waals surface area contributed by atoms with E-state index in [-0.39, 0.29) is 11.8 Å². The predicted octanol–water partition coefficient (Wildman–Crippen LogP) is 5.92. The molecule has 34 heavy (non-hydrogen) atoms. The largest absolute Gasteiger partial charge is 0.467 e. The maximum absolute atomic E-state index is 13.7. The molecule has 0 bridgehead atoms. The number of nitrogens with one attached hydrogen (secondary N) is 2. The van der Waals surface area contributed by atoms with Gasteiger partial charge in [0.05, 0.1) is 24.3 Å². The lowest BCUT2D eigenvalue weighted by Crippen LogP contribution is -2.27. The molecule has 0 saturated carbocycles. The average Bonchev–Trinajstić information content (AvgIpc) is 3.52. The highest BCUT2D eigenvalue weighted by molar-refractivity contribution is 7.17. The van der Waals surface area contributed by atoms with Crippen molar-refractivity contribution in [2.75, 3.05) is 5.32 Å². The first kappa shape index (κ1) is 22.2. The lowest BCUT2D eigenvalue weighted by Gasteiger charge is -2.18. The Hall–Kier alpha value is -3.64. The zero-order valence-corrected chi connectivity index (χ0v) is 19.6. The smallest absolute Gasteiger partial charge is 0.254 e. The van der Waals surface area contributed by atoms with Gasteiger partial charge in [-0.2, -0.15) is 0 Å². The Morgan fingerprint density at radius 3 is 2.21 bits per heavy atom. The fourth-order valence-electron chi connectivity index (χ4n) is 4.53. The average molecular weight is 471 g/mol. The van der Waals surface area contributed by atoms with Crippen molar-refractivity contribution >= 4 is 28.2 Å². The van der Waals surface area contributed by atoms with E-state index in [1.165, 1.54) is 16.2 Å². The molecule has 2 heterocycles. The fraction of sp³-hybridized carbons (Fsp3) is 0.214. The summed E-state index contributed by atoms with van der Waals surface area (Å²) in [5.74, 6) is -0.102. The molecule has 2 aromatic heterocycles. The summed E-state index contributed by atoms with van der Waals surface area (Å²) in [5.41, 5.74) is 3.49. The van der Waals surface area contributed by atoms with Gasteiger partial charge >= 0.3 is 0 Å². The molecule has 0 unspecified atom stereocenters. The molecule has 1 aliphatic rings. The number of amides is 2. The third-order valence-electron chi connectivity index (χ3n) is 6.17. The van der Waals surface area contributed by atoms with Gasteiger partial charge in [-0.25, -0.2) is 0 Å². The molecule has 0 fully saturated rings. The first-order chi connectivity index (χ1) is 16.7. The summed E-state index contributed by atoms with van der Waals surface area (Å²) in [4.78, 5) is 28.2. The number of thiophene rings is 1. The van der Waals surface area contributed by atoms with E-state index in [1.54, 1.807) is 12.3 Å². The number of benzene rings is 2. The number of aryl methyl sites for hydroxylation is 1. The van der Waals surface area contributed by atoms with Gasteiger partial charge in [0.1, 0.15) is 10.8 Å². The summed E-state index contributed by atoms with van der Waals surface area (Å²) >= 11 is 1.53. The highest BCUT2D eigenvalue weighted by Crippen LogP contribution is 2.39. The molecular formula is C28H26N2O3S. The van der Waals surface area contributed by atoms with Gasteiger partial charge in [-0.1, -0.05) is 60.7 Å². The van der Waals surface area contributed by atoms with E-state index >= 15 is 0 Å². The maximum atomic E-state index is 13.7. The number of hydrogen-bond acceptors (Lipinski definition) is 4. The van der Waals surface area contributed by atoms with Crippen LogP contribution in [-0.2, 0) is 24.2 Å². The van der Waals surface area contributed by atoms with Crippen LogP contribution in [0.4, 0.5) is 5.00 Å². The van der Waals surface area contributed by atoms with Gasteiger partial charge < -0.3 is 15.1 Å². The quantitative estimate of drug-likeness (QED) is 0.352. The van der Waals surface area contributed by atoms with E-state index in [1.807, 2.05) is 66.7 Å². The summed E-state index contributed by atoms with van der Waals surface area (Å²) in [5, 5.41) is 6.73. The lowest BCUT2D eigenvalue weighted by molar-refractivity contribution is -0.116. The van der Waals surface area contributed by atoms with Crippen LogP contribution in [0.25, 0.3) is 0 Å². The number of furan rings is 1. The van der Waals surface area contributed by atoms with E-state index < -0.39 is 5.92 Å². The number of carbonyl (C=O) groups excluding carboxylic acids is 2. The SMILES string of the molecule is O=C(NCc1ccco1)c1c(NC(=O)C(c2ccccc2)c2ccccc2)sc2c1CCCC2. The Kier molecular flexibility index (Phi) is 6.58. The Morgan fingerprint density at radius 2 is 1.56 bits per heavy atom. The van der Waals surface area contributed by atoms with Gasteiger partial charge in [0.15, 0.2) is 0 Å². The minimum atomic E-state index is -0.472. The zero-order valence-electron chi connectivity index (χ0n) is 18.8. The topological polar surface area (TPSA) is 71.3 Å². The molecular weight excluding hydrogens is 444 g/mol.